The van der Waals surface area contributed by atoms with E-state index >= 15 is 0 Å². The summed E-state index contributed by atoms with van der Waals surface area (Å²) in [5.41, 5.74) is 2.78. The Bertz CT molecular complexity index is 373. The van der Waals surface area contributed by atoms with E-state index in [1.54, 1.807) is 0 Å². The second-order valence-corrected chi connectivity index (χ2v) is 5.08. The van der Waals surface area contributed by atoms with Gasteiger partial charge in [-0.2, -0.15) is 0 Å². The van der Waals surface area contributed by atoms with Crippen molar-refractivity contribution < 1.29 is 0 Å². The average molecular weight is 317 g/mol. The second kappa shape index (κ2) is 10.2. The molecule has 20 heavy (non-hydrogen) atoms. The third-order valence-electron chi connectivity index (χ3n) is 3.70. The summed E-state index contributed by atoms with van der Waals surface area (Å²) >= 11 is 0. The lowest BCUT2D eigenvalue weighted by Gasteiger charge is -2.35. The minimum absolute atomic E-state index is 0. The zero-order valence-electron chi connectivity index (χ0n) is 12.2. The monoisotopic (exact) mass is 316 g/mol. The molecule has 1 aromatic rings. The molecule has 0 radical (unpaired) electrons. The number of benzene rings is 1. The number of rotatable bonds is 5. The van der Waals surface area contributed by atoms with Gasteiger partial charge in [-0.25, -0.2) is 0 Å². The SMILES string of the molecule is C=CCC[C@@H](c1ccc(C)cc1)N1CCNCC1.Cl.Cl. The molecule has 2 rings (SSSR count). The van der Waals surface area contributed by atoms with Crippen molar-refractivity contribution in [2.24, 2.45) is 0 Å². The van der Waals surface area contributed by atoms with Crippen molar-refractivity contribution in [3.05, 3.63) is 48.0 Å². The van der Waals surface area contributed by atoms with Crippen LogP contribution >= 0.6 is 24.8 Å². The highest BCUT2D eigenvalue weighted by atomic mass is 35.5. The third-order valence-corrected chi connectivity index (χ3v) is 3.70. The molecule has 1 fully saturated rings. The van der Waals surface area contributed by atoms with Crippen molar-refractivity contribution in [3.63, 3.8) is 0 Å². The highest BCUT2D eigenvalue weighted by Gasteiger charge is 2.21. The molecular weight excluding hydrogens is 291 g/mol. The smallest absolute Gasteiger partial charge is 0.0352 e. The average Bonchev–Trinajstić information content (AvgIpc) is 2.42. The zero-order valence-corrected chi connectivity index (χ0v) is 13.8. The Hall–Kier alpha value is -0.540. The molecule has 1 aromatic carbocycles. The summed E-state index contributed by atoms with van der Waals surface area (Å²) in [5, 5.41) is 3.42. The van der Waals surface area contributed by atoms with Crippen LogP contribution in [0.3, 0.4) is 0 Å². The number of aryl methyl sites for hydroxylation is 1. The van der Waals surface area contributed by atoms with Crippen LogP contribution in [0.15, 0.2) is 36.9 Å². The van der Waals surface area contributed by atoms with Gasteiger partial charge in [0.25, 0.3) is 0 Å². The van der Waals surface area contributed by atoms with E-state index in [-0.39, 0.29) is 24.8 Å². The predicted molar refractivity (Wildman–Crippen MR) is 92.3 cm³/mol. The van der Waals surface area contributed by atoms with Crippen LogP contribution in [0.2, 0.25) is 0 Å². The van der Waals surface area contributed by atoms with Crippen LogP contribution in [0.4, 0.5) is 0 Å². The number of nitrogens with one attached hydrogen (secondary N) is 1. The summed E-state index contributed by atoms with van der Waals surface area (Å²) in [6, 6.07) is 9.55. The zero-order chi connectivity index (χ0) is 12.8. The van der Waals surface area contributed by atoms with Crippen LogP contribution in [0.5, 0.6) is 0 Å². The van der Waals surface area contributed by atoms with Gasteiger partial charge < -0.3 is 5.32 Å². The summed E-state index contributed by atoms with van der Waals surface area (Å²) in [5.74, 6) is 0. The first kappa shape index (κ1) is 19.5. The number of hydrogen-bond acceptors (Lipinski definition) is 2. The maximum Gasteiger partial charge on any atom is 0.0352 e. The Morgan fingerprint density at radius 3 is 2.35 bits per heavy atom. The lowest BCUT2D eigenvalue weighted by atomic mass is 9.98. The summed E-state index contributed by atoms with van der Waals surface area (Å²) in [7, 11) is 0. The van der Waals surface area contributed by atoms with Crippen molar-refractivity contribution in [3.8, 4) is 0 Å². The van der Waals surface area contributed by atoms with Crippen molar-refractivity contribution >= 4 is 24.8 Å². The molecule has 0 aromatic heterocycles. The van der Waals surface area contributed by atoms with Gasteiger partial charge in [0.2, 0.25) is 0 Å². The number of nitrogens with zero attached hydrogens (tertiary/aromatic N) is 1. The Morgan fingerprint density at radius 1 is 1.20 bits per heavy atom. The number of allylic oxidation sites excluding steroid dienone is 1. The number of hydrogen-bond donors (Lipinski definition) is 1. The molecule has 0 aliphatic carbocycles. The first-order valence-corrected chi connectivity index (χ1v) is 6.93. The Balaban J connectivity index is 0.00000180. The topological polar surface area (TPSA) is 15.3 Å². The van der Waals surface area contributed by atoms with Gasteiger partial charge in [-0.15, -0.1) is 31.4 Å². The van der Waals surface area contributed by atoms with Crippen molar-refractivity contribution in [2.75, 3.05) is 26.2 Å². The summed E-state index contributed by atoms with van der Waals surface area (Å²) in [6.07, 6.45) is 4.29. The van der Waals surface area contributed by atoms with Gasteiger partial charge in [0.1, 0.15) is 0 Å². The van der Waals surface area contributed by atoms with Gasteiger partial charge in [-0.1, -0.05) is 35.9 Å². The number of piperazine rings is 1. The molecule has 0 amide bonds. The van der Waals surface area contributed by atoms with E-state index in [0.29, 0.717) is 6.04 Å². The fraction of sp³-hybridized carbons (Fsp3) is 0.500. The van der Waals surface area contributed by atoms with Crippen LogP contribution in [-0.2, 0) is 0 Å². The van der Waals surface area contributed by atoms with Gasteiger partial charge in [0.05, 0.1) is 0 Å². The summed E-state index contributed by atoms with van der Waals surface area (Å²) in [4.78, 5) is 2.60. The molecule has 0 saturated carbocycles. The third kappa shape index (κ3) is 5.45. The second-order valence-electron chi connectivity index (χ2n) is 5.08. The largest absolute Gasteiger partial charge is 0.314 e. The minimum atomic E-state index is 0. The molecule has 1 aliphatic heterocycles. The normalized spacial score (nSPS) is 16.6. The maximum absolute atomic E-state index is 3.85. The standard InChI is InChI=1S/C16H24N2.2ClH/c1-3-4-5-16(18-12-10-17-11-13-18)15-8-6-14(2)7-9-15;;/h3,6-9,16-17H,1,4-5,10-13H2,2H3;2*1H/t16-;;/m0../s1. The highest BCUT2D eigenvalue weighted by Crippen LogP contribution is 2.26. The lowest BCUT2D eigenvalue weighted by Crippen LogP contribution is -2.45. The molecule has 2 nitrogen and oxygen atoms in total. The van der Waals surface area contributed by atoms with E-state index in [1.165, 1.54) is 17.5 Å². The summed E-state index contributed by atoms with van der Waals surface area (Å²) in [6.45, 7) is 10.5. The molecule has 0 unspecified atom stereocenters. The molecule has 4 heteroatoms. The molecule has 1 N–H and O–H groups in total. The summed E-state index contributed by atoms with van der Waals surface area (Å²) < 4.78 is 0. The minimum Gasteiger partial charge on any atom is -0.314 e. The first-order valence-electron chi connectivity index (χ1n) is 6.93. The van der Waals surface area contributed by atoms with Gasteiger partial charge in [-0.3, -0.25) is 4.90 Å². The molecule has 1 atom stereocenters. The van der Waals surface area contributed by atoms with Crippen LogP contribution in [0.1, 0.15) is 30.0 Å². The molecule has 1 aliphatic rings. The van der Waals surface area contributed by atoms with Crippen molar-refractivity contribution in [1.29, 1.82) is 0 Å². The van der Waals surface area contributed by atoms with Gasteiger partial charge >= 0.3 is 0 Å². The van der Waals surface area contributed by atoms with Crippen LogP contribution in [-0.4, -0.2) is 31.1 Å². The van der Waals surface area contributed by atoms with E-state index < -0.39 is 0 Å². The lowest BCUT2D eigenvalue weighted by molar-refractivity contribution is 0.166. The van der Waals surface area contributed by atoms with Crippen LogP contribution in [0, 0.1) is 6.92 Å². The predicted octanol–water partition coefficient (Wildman–Crippen LogP) is 3.75. The fourth-order valence-electron chi connectivity index (χ4n) is 2.62. The molecule has 0 bridgehead atoms. The molecular formula is C16H26Cl2N2. The van der Waals surface area contributed by atoms with E-state index in [4.69, 9.17) is 0 Å². The van der Waals surface area contributed by atoms with Crippen LogP contribution in [0.25, 0.3) is 0 Å². The van der Waals surface area contributed by atoms with Crippen LogP contribution < -0.4 is 5.32 Å². The first-order chi connectivity index (χ1) is 8.81. The molecule has 114 valence electrons. The van der Waals surface area contributed by atoms with E-state index in [0.717, 1.165) is 32.6 Å². The Labute approximate surface area is 135 Å². The van der Waals surface area contributed by atoms with Gasteiger partial charge in [0.15, 0.2) is 0 Å². The molecule has 1 saturated heterocycles. The molecule has 0 spiro atoms. The highest BCUT2D eigenvalue weighted by molar-refractivity contribution is 5.85. The van der Waals surface area contributed by atoms with Gasteiger partial charge in [0, 0.05) is 32.2 Å². The Kier molecular flexibility index (Phi) is 9.95. The van der Waals surface area contributed by atoms with E-state index in [9.17, 15) is 0 Å². The Morgan fingerprint density at radius 2 is 1.80 bits per heavy atom. The number of halogens is 2. The van der Waals surface area contributed by atoms with Crippen molar-refractivity contribution in [1.82, 2.24) is 10.2 Å². The maximum atomic E-state index is 3.85. The van der Waals surface area contributed by atoms with Crippen molar-refractivity contribution in [2.45, 2.75) is 25.8 Å². The van der Waals surface area contributed by atoms with Gasteiger partial charge in [-0.05, 0) is 25.3 Å². The fourth-order valence-corrected chi connectivity index (χ4v) is 2.62. The molecule has 1 heterocycles. The van der Waals surface area contributed by atoms with E-state index in [1.807, 2.05) is 6.08 Å². The van der Waals surface area contributed by atoms with E-state index in [2.05, 4.69) is 48.0 Å². The quantitative estimate of drug-likeness (QED) is 0.832.